The molecule has 9 heteroatoms. The second-order valence-electron chi connectivity index (χ2n) is 8.80. The number of benzene rings is 3. The summed E-state index contributed by atoms with van der Waals surface area (Å²) < 4.78 is 45.8. The van der Waals surface area contributed by atoms with Crippen molar-refractivity contribution in [3.05, 3.63) is 89.0 Å². The third-order valence-corrected chi connectivity index (χ3v) is 5.89. The van der Waals surface area contributed by atoms with Gasteiger partial charge in [-0.1, -0.05) is 18.2 Å². The molecule has 1 heterocycles. The number of aliphatic hydroxyl groups excluding tert-OH is 1. The maximum atomic E-state index is 14.9. The number of carbonyl (C=O) groups excluding carboxylic acids is 2. The van der Waals surface area contributed by atoms with Crippen LogP contribution in [0.25, 0.3) is 5.76 Å². The van der Waals surface area contributed by atoms with Gasteiger partial charge in [0.15, 0.2) is 11.5 Å². The first-order chi connectivity index (χ1) is 18.2. The number of halogens is 2. The fraction of sp³-hybridized carbons (Fsp3) is 0.241. The van der Waals surface area contributed by atoms with Crippen molar-refractivity contribution < 1.29 is 37.7 Å². The van der Waals surface area contributed by atoms with E-state index in [0.29, 0.717) is 29.4 Å². The zero-order valence-corrected chi connectivity index (χ0v) is 21.3. The molecule has 0 saturated carbocycles. The monoisotopic (exact) mass is 523 g/mol. The quantitative estimate of drug-likeness (QED) is 0.229. The van der Waals surface area contributed by atoms with Crippen LogP contribution >= 0.6 is 0 Å². The highest BCUT2D eigenvalue weighted by molar-refractivity contribution is 6.51. The van der Waals surface area contributed by atoms with Crippen LogP contribution in [0.5, 0.6) is 17.2 Å². The molecule has 1 aliphatic heterocycles. The number of hydrogen-bond donors (Lipinski definition) is 1. The Balaban J connectivity index is 1.97. The molecule has 1 aliphatic rings. The summed E-state index contributed by atoms with van der Waals surface area (Å²) in [5.41, 5.74) is -0.215. The molecule has 3 aromatic carbocycles. The fourth-order valence-corrected chi connectivity index (χ4v) is 4.34. The Hall–Kier alpha value is -4.40. The molecule has 0 aliphatic carbocycles. The van der Waals surface area contributed by atoms with Crippen LogP contribution in [0.2, 0.25) is 0 Å². The van der Waals surface area contributed by atoms with E-state index in [-0.39, 0.29) is 17.2 Å². The van der Waals surface area contributed by atoms with Crippen LogP contribution in [0, 0.1) is 11.6 Å². The van der Waals surface area contributed by atoms with Crippen LogP contribution in [0.3, 0.4) is 0 Å². The summed E-state index contributed by atoms with van der Waals surface area (Å²) in [6.45, 7) is 5.74. The summed E-state index contributed by atoms with van der Waals surface area (Å²) in [5.74, 6) is -3.24. The number of carbonyl (C=O) groups is 2. The van der Waals surface area contributed by atoms with E-state index < -0.39 is 40.8 Å². The van der Waals surface area contributed by atoms with Gasteiger partial charge in [-0.15, -0.1) is 0 Å². The number of rotatable bonds is 8. The van der Waals surface area contributed by atoms with E-state index in [1.807, 2.05) is 13.8 Å². The Morgan fingerprint density at radius 1 is 1.03 bits per heavy atom. The number of ether oxygens (including phenoxy) is 3. The number of Topliss-reactive ketones (excluding diaryl/α,β-unsaturated/α-hetero) is 1. The van der Waals surface area contributed by atoms with Gasteiger partial charge < -0.3 is 19.3 Å². The lowest BCUT2D eigenvalue weighted by Gasteiger charge is -2.26. The van der Waals surface area contributed by atoms with Gasteiger partial charge in [-0.2, -0.15) is 0 Å². The van der Waals surface area contributed by atoms with E-state index in [2.05, 4.69) is 0 Å². The largest absolute Gasteiger partial charge is 0.507 e. The summed E-state index contributed by atoms with van der Waals surface area (Å²) in [6, 6.07) is 12.4. The number of ketones is 1. The van der Waals surface area contributed by atoms with E-state index >= 15 is 0 Å². The number of nitrogens with zero attached hydrogens (tertiary/aromatic N) is 1. The molecule has 1 fully saturated rings. The molecule has 1 unspecified atom stereocenters. The van der Waals surface area contributed by atoms with Gasteiger partial charge in [-0.25, -0.2) is 8.78 Å². The van der Waals surface area contributed by atoms with Crippen molar-refractivity contribution in [3.8, 4) is 17.2 Å². The smallest absolute Gasteiger partial charge is 0.300 e. The second-order valence-corrected chi connectivity index (χ2v) is 8.80. The van der Waals surface area contributed by atoms with Crippen molar-refractivity contribution in [2.75, 3.05) is 18.6 Å². The summed E-state index contributed by atoms with van der Waals surface area (Å²) in [4.78, 5) is 27.5. The minimum absolute atomic E-state index is 0.148. The first-order valence-corrected chi connectivity index (χ1v) is 12.0. The standard InChI is InChI=1S/C29H27F2NO6/c1-5-37-24-14-17(9-12-23(24)36-4)26-25(27(33)18-7-6-8-20(13-18)38-16(2)3)28(34)29(35)32(26)22-15-19(30)10-11-21(22)31/h6-16,26,33H,5H2,1-4H3/b27-25+. The molecule has 1 saturated heterocycles. The third kappa shape index (κ3) is 5.04. The van der Waals surface area contributed by atoms with Gasteiger partial charge in [-0.05, 0) is 62.7 Å². The summed E-state index contributed by atoms with van der Waals surface area (Å²) >= 11 is 0. The molecule has 198 valence electrons. The molecule has 0 radical (unpaired) electrons. The molecule has 38 heavy (non-hydrogen) atoms. The maximum absolute atomic E-state index is 14.9. The topological polar surface area (TPSA) is 85.3 Å². The van der Waals surface area contributed by atoms with Crippen LogP contribution in [0.4, 0.5) is 14.5 Å². The van der Waals surface area contributed by atoms with Gasteiger partial charge in [-0.3, -0.25) is 14.5 Å². The summed E-state index contributed by atoms with van der Waals surface area (Å²) in [7, 11) is 1.46. The molecule has 1 N–H and O–H groups in total. The van der Waals surface area contributed by atoms with Crippen LogP contribution in [0.15, 0.2) is 66.2 Å². The van der Waals surface area contributed by atoms with E-state index in [1.165, 1.54) is 19.2 Å². The second kappa shape index (κ2) is 10.9. The molecule has 1 atom stereocenters. The molecule has 0 aromatic heterocycles. The van der Waals surface area contributed by atoms with Crippen LogP contribution < -0.4 is 19.1 Å². The molecule has 4 rings (SSSR count). The molecule has 1 amide bonds. The van der Waals surface area contributed by atoms with Crippen molar-refractivity contribution in [2.24, 2.45) is 0 Å². The number of hydrogen-bond acceptors (Lipinski definition) is 6. The normalized spacial score (nSPS) is 16.7. The average molecular weight is 524 g/mol. The van der Waals surface area contributed by atoms with Gasteiger partial charge in [0.2, 0.25) is 0 Å². The number of aliphatic hydroxyl groups is 1. The zero-order valence-electron chi connectivity index (χ0n) is 21.3. The maximum Gasteiger partial charge on any atom is 0.300 e. The lowest BCUT2D eigenvalue weighted by Crippen LogP contribution is -2.30. The van der Waals surface area contributed by atoms with Crippen LogP contribution in [-0.2, 0) is 9.59 Å². The average Bonchev–Trinajstić information content (AvgIpc) is 3.15. The van der Waals surface area contributed by atoms with Crippen LogP contribution in [-0.4, -0.2) is 36.6 Å². The van der Waals surface area contributed by atoms with Crippen molar-refractivity contribution >= 4 is 23.1 Å². The molecule has 0 spiro atoms. The Morgan fingerprint density at radius 2 is 1.79 bits per heavy atom. The highest BCUT2D eigenvalue weighted by Crippen LogP contribution is 2.45. The Labute approximate surface area is 218 Å². The minimum atomic E-state index is -1.30. The fourth-order valence-electron chi connectivity index (χ4n) is 4.34. The highest BCUT2D eigenvalue weighted by Gasteiger charge is 2.48. The number of anilines is 1. The van der Waals surface area contributed by atoms with Crippen molar-refractivity contribution in [3.63, 3.8) is 0 Å². The van der Waals surface area contributed by atoms with E-state index in [1.54, 1.807) is 37.3 Å². The zero-order chi connectivity index (χ0) is 27.6. The first-order valence-electron chi connectivity index (χ1n) is 12.0. The van der Waals surface area contributed by atoms with Gasteiger partial charge in [0.25, 0.3) is 11.7 Å². The van der Waals surface area contributed by atoms with Crippen molar-refractivity contribution in [2.45, 2.75) is 32.9 Å². The van der Waals surface area contributed by atoms with Gasteiger partial charge in [0, 0.05) is 11.6 Å². The number of methoxy groups -OCH3 is 1. The van der Waals surface area contributed by atoms with Gasteiger partial charge >= 0.3 is 0 Å². The SMILES string of the molecule is CCOc1cc(C2/C(=C(\O)c3cccc(OC(C)C)c3)C(=O)C(=O)N2c2cc(F)ccc2F)ccc1OC. The van der Waals surface area contributed by atoms with Gasteiger partial charge in [0.1, 0.15) is 23.1 Å². The predicted octanol–water partition coefficient (Wildman–Crippen LogP) is 5.79. The summed E-state index contributed by atoms with van der Waals surface area (Å²) in [6.07, 6.45) is -0.148. The first kappa shape index (κ1) is 26.7. The Bertz CT molecular complexity index is 1420. The lowest BCUT2D eigenvalue weighted by atomic mass is 9.94. The predicted molar refractivity (Wildman–Crippen MR) is 138 cm³/mol. The van der Waals surface area contributed by atoms with E-state index in [9.17, 15) is 23.5 Å². The lowest BCUT2D eigenvalue weighted by molar-refractivity contribution is -0.132. The highest BCUT2D eigenvalue weighted by atomic mass is 19.1. The minimum Gasteiger partial charge on any atom is -0.507 e. The molecular formula is C29H27F2NO6. The van der Waals surface area contributed by atoms with E-state index in [4.69, 9.17) is 14.2 Å². The Morgan fingerprint density at radius 3 is 2.47 bits per heavy atom. The molecule has 7 nitrogen and oxygen atoms in total. The van der Waals surface area contributed by atoms with Gasteiger partial charge in [0.05, 0.1) is 37.1 Å². The van der Waals surface area contributed by atoms with Crippen LogP contribution in [0.1, 0.15) is 37.9 Å². The van der Waals surface area contributed by atoms with Crippen molar-refractivity contribution in [1.29, 1.82) is 0 Å². The molecule has 3 aromatic rings. The summed E-state index contributed by atoms with van der Waals surface area (Å²) in [5, 5.41) is 11.4. The Kier molecular flexibility index (Phi) is 7.66. The third-order valence-electron chi connectivity index (χ3n) is 5.89. The molecular weight excluding hydrogens is 496 g/mol. The van der Waals surface area contributed by atoms with E-state index in [0.717, 1.165) is 23.1 Å². The molecule has 0 bridgehead atoms. The van der Waals surface area contributed by atoms with Crippen molar-refractivity contribution in [1.82, 2.24) is 0 Å². The number of amides is 1.